The summed E-state index contributed by atoms with van der Waals surface area (Å²) < 4.78 is 0. The van der Waals surface area contributed by atoms with E-state index in [1.165, 1.54) is 29.2 Å². The van der Waals surface area contributed by atoms with Gasteiger partial charge in [0.1, 0.15) is 12.1 Å². The van der Waals surface area contributed by atoms with Crippen LogP contribution in [0.25, 0.3) is 0 Å². The molecule has 9 nitrogen and oxygen atoms in total. The summed E-state index contributed by atoms with van der Waals surface area (Å²) in [5, 5.41) is 20.0. The molecule has 2 aromatic rings. The van der Waals surface area contributed by atoms with Gasteiger partial charge in [-0.3, -0.25) is 24.6 Å². The number of carboxylic acid groups (broad SMARTS) is 1. The maximum Gasteiger partial charge on any atom is 0.328 e. The molecule has 1 heterocycles. The van der Waals surface area contributed by atoms with Crippen LogP contribution in [0.5, 0.6) is 0 Å². The van der Waals surface area contributed by atoms with Crippen molar-refractivity contribution < 1.29 is 24.4 Å². The zero-order chi connectivity index (χ0) is 21.2. The first kappa shape index (κ1) is 20.0. The molecular weight excluding hydrogens is 378 g/mol. The molecule has 1 fully saturated rings. The highest BCUT2D eigenvalue weighted by Gasteiger charge is 2.54. The lowest BCUT2D eigenvalue weighted by Gasteiger charge is -2.32. The van der Waals surface area contributed by atoms with E-state index in [0.717, 1.165) is 10.5 Å². The molecule has 1 saturated heterocycles. The molecule has 2 aromatic carbocycles. The third-order valence-electron chi connectivity index (χ3n) is 4.94. The zero-order valence-corrected chi connectivity index (χ0v) is 15.6. The molecule has 1 atom stereocenters. The Bertz CT molecular complexity index is 960. The summed E-state index contributed by atoms with van der Waals surface area (Å²) in [6.45, 7) is 0.989. The number of imide groups is 1. The van der Waals surface area contributed by atoms with Gasteiger partial charge in [-0.05, 0) is 18.1 Å². The number of aliphatic carboxylic acids is 1. The van der Waals surface area contributed by atoms with Crippen molar-refractivity contribution in [3.05, 3.63) is 75.8 Å². The first-order valence-corrected chi connectivity index (χ1v) is 8.85. The van der Waals surface area contributed by atoms with Gasteiger partial charge in [0.15, 0.2) is 0 Å². The monoisotopic (exact) mass is 397 g/mol. The van der Waals surface area contributed by atoms with Crippen LogP contribution in [0.2, 0.25) is 0 Å². The first-order chi connectivity index (χ1) is 13.7. The molecule has 150 valence electrons. The van der Waals surface area contributed by atoms with Gasteiger partial charge in [-0.1, -0.05) is 42.5 Å². The Morgan fingerprint density at radius 3 is 2.24 bits per heavy atom. The summed E-state index contributed by atoms with van der Waals surface area (Å²) in [6.07, 6.45) is 0.0958. The predicted octanol–water partition coefficient (Wildman–Crippen LogP) is 2.45. The number of nitrogens with zero attached hydrogens (tertiary/aromatic N) is 3. The standard InChI is InChI=1S/C20H19N3O6/c1-20(11-14-7-9-16(10-8-14)23(28)29)18(26)21(13-17(24)25)19(27)22(20)12-15-5-3-2-4-6-15/h2-10H,11-13H2,1H3,(H,24,25)/t20-/m0/s1. The number of benzene rings is 2. The molecule has 0 spiro atoms. The second-order valence-corrected chi connectivity index (χ2v) is 7.01. The van der Waals surface area contributed by atoms with Crippen molar-refractivity contribution in [2.24, 2.45) is 0 Å². The Morgan fingerprint density at radius 2 is 1.69 bits per heavy atom. The fourth-order valence-electron chi connectivity index (χ4n) is 3.44. The molecule has 0 aromatic heterocycles. The number of carbonyl (C=O) groups is 3. The van der Waals surface area contributed by atoms with Gasteiger partial charge in [0.2, 0.25) is 0 Å². The van der Waals surface area contributed by atoms with E-state index in [4.69, 9.17) is 5.11 Å². The van der Waals surface area contributed by atoms with Gasteiger partial charge in [-0.2, -0.15) is 0 Å². The third kappa shape index (κ3) is 3.93. The average molecular weight is 397 g/mol. The maximum absolute atomic E-state index is 13.0. The number of urea groups is 1. The molecule has 0 bridgehead atoms. The minimum absolute atomic E-state index is 0.0821. The number of rotatable bonds is 7. The van der Waals surface area contributed by atoms with Gasteiger partial charge in [0, 0.05) is 25.1 Å². The van der Waals surface area contributed by atoms with Crippen LogP contribution in [-0.2, 0) is 22.6 Å². The van der Waals surface area contributed by atoms with Crippen molar-refractivity contribution in [2.75, 3.05) is 6.54 Å². The van der Waals surface area contributed by atoms with Crippen LogP contribution in [0.3, 0.4) is 0 Å². The summed E-state index contributed by atoms with van der Waals surface area (Å²) in [4.78, 5) is 49.5. The van der Waals surface area contributed by atoms with E-state index < -0.39 is 34.9 Å². The Labute approximate surface area is 166 Å². The lowest BCUT2D eigenvalue weighted by atomic mass is 9.90. The Hall–Kier alpha value is -3.75. The lowest BCUT2D eigenvalue weighted by Crippen LogP contribution is -2.48. The topological polar surface area (TPSA) is 121 Å². The molecule has 1 aliphatic heterocycles. The number of hydrogen-bond acceptors (Lipinski definition) is 5. The van der Waals surface area contributed by atoms with Gasteiger partial charge >= 0.3 is 12.0 Å². The molecule has 3 rings (SSSR count). The highest BCUT2D eigenvalue weighted by Crippen LogP contribution is 2.33. The van der Waals surface area contributed by atoms with Crippen molar-refractivity contribution in [2.45, 2.75) is 25.4 Å². The van der Waals surface area contributed by atoms with Crippen molar-refractivity contribution in [1.29, 1.82) is 0 Å². The maximum atomic E-state index is 13.0. The molecule has 1 aliphatic rings. The predicted molar refractivity (Wildman–Crippen MR) is 102 cm³/mol. The Morgan fingerprint density at radius 1 is 1.07 bits per heavy atom. The van der Waals surface area contributed by atoms with Crippen LogP contribution >= 0.6 is 0 Å². The van der Waals surface area contributed by atoms with Crippen molar-refractivity contribution >= 4 is 23.6 Å². The largest absolute Gasteiger partial charge is 0.480 e. The third-order valence-corrected chi connectivity index (χ3v) is 4.94. The number of non-ortho nitro benzene ring substituents is 1. The first-order valence-electron chi connectivity index (χ1n) is 8.85. The van der Waals surface area contributed by atoms with E-state index in [-0.39, 0.29) is 18.7 Å². The zero-order valence-electron chi connectivity index (χ0n) is 15.6. The van der Waals surface area contributed by atoms with Crippen LogP contribution in [0.15, 0.2) is 54.6 Å². The average Bonchev–Trinajstić information content (AvgIpc) is 2.85. The van der Waals surface area contributed by atoms with E-state index in [0.29, 0.717) is 5.56 Å². The fraction of sp³-hybridized carbons (Fsp3) is 0.250. The normalized spacial score (nSPS) is 18.9. The molecule has 29 heavy (non-hydrogen) atoms. The summed E-state index contributed by atoms with van der Waals surface area (Å²) >= 11 is 0. The van der Waals surface area contributed by atoms with E-state index in [9.17, 15) is 24.5 Å². The van der Waals surface area contributed by atoms with E-state index in [1.54, 1.807) is 19.1 Å². The summed E-state index contributed by atoms with van der Waals surface area (Å²) in [7, 11) is 0. The lowest BCUT2D eigenvalue weighted by molar-refractivity contribution is -0.384. The number of hydrogen-bond donors (Lipinski definition) is 1. The summed E-state index contributed by atoms with van der Waals surface area (Å²) in [6, 6.07) is 14.1. The molecule has 9 heteroatoms. The Balaban J connectivity index is 1.95. The van der Waals surface area contributed by atoms with E-state index in [1.807, 2.05) is 18.2 Å². The van der Waals surface area contributed by atoms with Gasteiger partial charge in [0.25, 0.3) is 11.6 Å². The minimum atomic E-state index is -1.32. The number of carboxylic acids is 1. The van der Waals surface area contributed by atoms with Crippen molar-refractivity contribution in [1.82, 2.24) is 9.80 Å². The van der Waals surface area contributed by atoms with E-state index in [2.05, 4.69) is 0 Å². The second kappa shape index (κ2) is 7.70. The van der Waals surface area contributed by atoms with Gasteiger partial charge in [-0.15, -0.1) is 0 Å². The van der Waals surface area contributed by atoms with Crippen LogP contribution in [0.4, 0.5) is 10.5 Å². The summed E-state index contributed by atoms with van der Waals surface area (Å²) in [5.74, 6) is -1.90. The van der Waals surface area contributed by atoms with Gasteiger partial charge in [0.05, 0.1) is 4.92 Å². The number of amides is 3. The smallest absolute Gasteiger partial charge is 0.328 e. The summed E-state index contributed by atoms with van der Waals surface area (Å²) in [5.41, 5.74) is 0.00927. The highest BCUT2D eigenvalue weighted by molar-refractivity contribution is 6.08. The molecule has 3 amide bonds. The van der Waals surface area contributed by atoms with E-state index >= 15 is 0 Å². The Kier molecular flexibility index (Phi) is 5.31. The van der Waals surface area contributed by atoms with Crippen LogP contribution in [0.1, 0.15) is 18.1 Å². The van der Waals surface area contributed by atoms with Crippen molar-refractivity contribution in [3.8, 4) is 0 Å². The van der Waals surface area contributed by atoms with Crippen LogP contribution in [0, 0.1) is 10.1 Å². The van der Waals surface area contributed by atoms with Gasteiger partial charge < -0.3 is 10.0 Å². The number of carbonyl (C=O) groups excluding carboxylic acids is 2. The highest BCUT2D eigenvalue weighted by atomic mass is 16.6. The van der Waals surface area contributed by atoms with Gasteiger partial charge in [-0.25, -0.2) is 4.79 Å². The molecular formula is C20H19N3O6. The molecule has 0 unspecified atom stereocenters. The van der Waals surface area contributed by atoms with Crippen molar-refractivity contribution in [3.63, 3.8) is 0 Å². The SMILES string of the molecule is C[C@]1(Cc2ccc([N+](=O)[O-])cc2)C(=O)N(CC(=O)O)C(=O)N1Cc1ccccc1. The van der Waals surface area contributed by atoms with Crippen LogP contribution < -0.4 is 0 Å². The molecule has 1 N–H and O–H groups in total. The molecule has 0 radical (unpaired) electrons. The second-order valence-electron chi connectivity index (χ2n) is 7.01. The molecule has 0 saturated carbocycles. The minimum Gasteiger partial charge on any atom is -0.480 e. The number of nitro benzene ring substituents is 1. The number of nitro groups is 1. The molecule has 0 aliphatic carbocycles. The quantitative estimate of drug-likeness (QED) is 0.435. The van der Waals surface area contributed by atoms with Crippen LogP contribution in [-0.4, -0.2) is 49.8 Å². The fourth-order valence-corrected chi connectivity index (χ4v) is 3.44.